The first kappa shape index (κ1) is 13.9. The van der Waals surface area contributed by atoms with Gasteiger partial charge in [0.2, 0.25) is 10.0 Å². The maximum atomic E-state index is 11.9. The molecule has 8 heteroatoms. The van der Waals surface area contributed by atoms with Gasteiger partial charge in [0.05, 0.1) is 6.20 Å². The van der Waals surface area contributed by atoms with Crippen molar-refractivity contribution in [3.63, 3.8) is 0 Å². The molecule has 0 aliphatic carbocycles. The van der Waals surface area contributed by atoms with Crippen LogP contribution in [-0.2, 0) is 16.4 Å². The molecule has 0 spiro atoms. The average Bonchev–Trinajstić information content (AvgIpc) is 2.76. The van der Waals surface area contributed by atoms with Crippen molar-refractivity contribution in [1.82, 2.24) is 14.9 Å². The maximum Gasteiger partial charge on any atom is 0.245 e. The summed E-state index contributed by atoms with van der Waals surface area (Å²) in [6, 6.07) is 7.26. The predicted octanol–water partition coefficient (Wildman–Crippen LogP) is 1.17. The van der Waals surface area contributed by atoms with E-state index in [2.05, 4.69) is 14.9 Å². The third kappa shape index (κ3) is 3.46. The van der Waals surface area contributed by atoms with Gasteiger partial charge in [0.15, 0.2) is 0 Å². The molecule has 0 bridgehead atoms. The highest BCUT2D eigenvalue weighted by Crippen LogP contribution is 2.14. The second kappa shape index (κ2) is 5.60. The van der Waals surface area contributed by atoms with Crippen LogP contribution in [0.2, 0.25) is 5.02 Å². The zero-order chi connectivity index (χ0) is 13.9. The molecule has 0 radical (unpaired) electrons. The molecule has 0 saturated heterocycles. The average molecular weight is 301 g/mol. The number of anilines is 1. The fourth-order valence-corrected chi connectivity index (χ4v) is 2.86. The zero-order valence-electron chi connectivity index (χ0n) is 9.93. The molecule has 2 aromatic rings. The van der Waals surface area contributed by atoms with E-state index in [9.17, 15) is 8.42 Å². The molecule has 19 heavy (non-hydrogen) atoms. The molecule has 0 aliphatic rings. The molecule has 0 fully saturated rings. The summed E-state index contributed by atoms with van der Waals surface area (Å²) in [6.07, 6.45) is 1.72. The normalized spacial score (nSPS) is 11.6. The van der Waals surface area contributed by atoms with Crippen LogP contribution in [0.25, 0.3) is 0 Å². The fraction of sp³-hybridized carbons (Fsp3) is 0.182. The lowest BCUT2D eigenvalue weighted by Gasteiger charge is -2.06. The Hall–Kier alpha value is -1.57. The van der Waals surface area contributed by atoms with Gasteiger partial charge in [-0.15, -0.1) is 0 Å². The van der Waals surface area contributed by atoms with Crippen LogP contribution < -0.4 is 10.5 Å². The van der Waals surface area contributed by atoms with E-state index in [1.165, 1.54) is 6.20 Å². The second-order valence-electron chi connectivity index (χ2n) is 3.93. The van der Waals surface area contributed by atoms with E-state index in [0.717, 1.165) is 5.56 Å². The predicted molar refractivity (Wildman–Crippen MR) is 73.3 cm³/mol. The smallest absolute Gasteiger partial charge is 0.245 e. The molecule has 102 valence electrons. The van der Waals surface area contributed by atoms with Crippen LogP contribution >= 0.6 is 11.6 Å². The summed E-state index contributed by atoms with van der Waals surface area (Å²) in [5, 5.41) is 6.59. The van der Waals surface area contributed by atoms with Crippen molar-refractivity contribution in [3.05, 3.63) is 41.0 Å². The summed E-state index contributed by atoms with van der Waals surface area (Å²) >= 11 is 5.85. The lowest BCUT2D eigenvalue weighted by molar-refractivity contribution is 0.582. The third-order valence-corrected chi connectivity index (χ3v) is 4.24. The van der Waals surface area contributed by atoms with E-state index in [4.69, 9.17) is 17.3 Å². The molecule has 1 heterocycles. The van der Waals surface area contributed by atoms with E-state index in [1.54, 1.807) is 12.1 Å². The van der Waals surface area contributed by atoms with Crippen LogP contribution in [0.4, 0.5) is 5.82 Å². The van der Waals surface area contributed by atoms with E-state index < -0.39 is 10.0 Å². The molecule has 6 nitrogen and oxygen atoms in total. The quantitative estimate of drug-likeness (QED) is 0.771. The largest absolute Gasteiger partial charge is 0.383 e. The number of H-pyrrole nitrogens is 1. The number of benzene rings is 1. The van der Waals surface area contributed by atoms with Crippen LogP contribution in [0.15, 0.2) is 35.4 Å². The minimum absolute atomic E-state index is 0.0234. The Balaban J connectivity index is 1.98. The Labute approximate surface area is 116 Å². The van der Waals surface area contributed by atoms with Crippen molar-refractivity contribution in [2.75, 3.05) is 12.3 Å². The zero-order valence-corrected chi connectivity index (χ0v) is 11.5. The van der Waals surface area contributed by atoms with Crippen molar-refractivity contribution in [3.8, 4) is 0 Å². The number of aromatic nitrogens is 2. The Morgan fingerprint density at radius 2 is 2.21 bits per heavy atom. The van der Waals surface area contributed by atoms with Crippen molar-refractivity contribution >= 4 is 27.4 Å². The summed E-state index contributed by atoms with van der Waals surface area (Å²) in [7, 11) is -3.63. The molecule has 0 saturated carbocycles. The molecular formula is C11H13ClN4O2S. The second-order valence-corrected chi connectivity index (χ2v) is 6.10. The van der Waals surface area contributed by atoms with Crippen LogP contribution in [0, 0.1) is 0 Å². The molecular weight excluding hydrogens is 288 g/mol. The van der Waals surface area contributed by atoms with E-state index >= 15 is 0 Å². The number of nitrogens with zero attached hydrogens (tertiary/aromatic N) is 1. The number of hydrogen-bond donors (Lipinski definition) is 3. The van der Waals surface area contributed by atoms with Gasteiger partial charge < -0.3 is 5.73 Å². The minimum Gasteiger partial charge on any atom is -0.383 e. The fourth-order valence-electron chi connectivity index (χ4n) is 1.60. The van der Waals surface area contributed by atoms with Crippen molar-refractivity contribution in [1.29, 1.82) is 0 Å². The van der Waals surface area contributed by atoms with Crippen molar-refractivity contribution in [2.24, 2.45) is 0 Å². The number of rotatable bonds is 5. The first-order valence-corrected chi connectivity index (χ1v) is 7.38. The van der Waals surface area contributed by atoms with Gasteiger partial charge in [-0.05, 0) is 24.1 Å². The molecule has 2 rings (SSSR count). The number of sulfonamides is 1. The highest BCUT2D eigenvalue weighted by Gasteiger charge is 2.18. The van der Waals surface area contributed by atoms with Gasteiger partial charge >= 0.3 is 0 Å². The van der Waals surface area contributed by atoms with Gasteiger partial charge in [-0.1, -0.05) is 23.7 Å². The first-order chi connectivity index (χ1) is 8.99. The lowest BCUT2D eigenvalue weighted by atomic mass is 10.2. The molecule has 0 atom stereocenters. The highest BCUT2D eigenvalue weighted by molar-refractivity contribution is 7.89. The molecule has 0 aliphatic heterocycles. The van der Waals surface area contributed by atoms with Gasteiger partial charge in [-0.25, -0.2) is 13.1 Å². The minimum atomic E-state index is -3.63. The van der Waals surface area contributed by atoms with Crippen LogP contribution in [0.1, 0.15) is 5.56 Å². The Bertz CT molecular complexity index is 669. The summed E-state index contributed by atoms with van der Waals surface area (Å²) in [6.45, 7) is 0.257. The van der Waals surface area contributed by atoms with Gasteiger partial charge in [0, 0.05) is 11.6 Å². The summed E-state index contributed by atoms with van der Waals surface area (Å²) in [4.78, 5) is -0.0430. The van der Waals surface area contributed by atoms with Gasteiger partial charge in [-0.3, -0.25) is 5.10 Å². The number of nitrogen functional groups attached to an aromatic ring is 1. The van der Waals surface area contributed by atoms with Crippen molar-refractivity contribution in [2.45, 2.75) is 11.3 Å². The maximum absolute atomic E-state index is 11.9. The molecule has 0 unspecified atom stereocenters. The third-order valence-electron chi connectivity index (χ3n) is 2.52. The molecule has 4 N–H and O–H groups in total. The Morgan fingerprint density at radius 3 is 2.84 bits per heavy atom. The van der Waals surface area contributed by atoms with E-state index in [0.29, 0.717) is 11.4 Å². The number of halogens is 1. The number of aromatic amines is 1. The SMILES string of the molecule is Nc1[nH]ncc1S(=O)(=O)NCCc1cccc(Cl)c1. The van der Waals surface area contributed by atoms with Crippen LogP contribution in [-0.4, -0.2) is 25.2 Å². The van der Waals surface area contributed by atoms with E-state index in [-0.39, 0.29) is 17.3 Å². The molecule has 0 amide bonds. The topological polar surface area (TPSA) is 101 Å². The Morgan fingerprint density at radius 1 is 1.42 bits per heavy atom. The van der Waals surface area contributed by atoms with Gasteiger partial charge in [0.1, 0.15) is 10.7 Å². The first-order valence-electron chi connectivity index (χ1n) is 5.52. The molecule has 1 aromatic carbocycles. The Kier molecular flexibility index (Phi) is 4.08. The van der Waals surface area contributed by atoms with Gasteiger partial charge in [0.25, 0.3) is 0 Å². The molecule has 1 aromatic heterocycles. The summed E-state index contributed by atoms with van der Waals surface area (Å²) < 4.78 is 26.2. The standard InChI is InChI=1S/C11H13ClN4O2S/c12-9-3-1-2-8(6-9)4-5-15-19(17,18)10-7-14-16-11(10)13/h1-3,6-7,15H,4-5H2,(H3,13,14,16). The van der Waals surface area contributed by atoms with E-state index in [1.807, 2.05) is 12.1 Å². The highest BCUT2D eigenvalue weighted by atomic mass is 35.5. The lowest BCUT2D eigenvalue weighted by Crippen LogP contribution is -2.26. The number of nitrogens with one attached hydrogen (secondary N) is 2. The summed E-state index contributed by atoms with van der Waals surface area (Å²) in [5.41, 5.74) is 6.43. The van der Waals surface area contributed by atoms with Gasteiger partial charge in [-0.2, -0.15) is 5.10 Å². The number of hydrogen-bond acceptors (Lipinski definition) is 4. The van der Waals surface area contributed by atoms with Crippen molar-refractivity contribution < 1.29 is 8.42 Å². The van der Waals surface area contributed by atoms with Crippen LogP contribution in [0.3, 0.4) is 0 Å². The number of nitrogens with two attached hydrogens (primary N) is 1. The monoisotopic (exact) mass is 300 g/mol. The summed E-state index contributed by atoms with van der Waals surface area (Å²) in [5.74, 6) is 0.0234. The van der Waals surface area contributed by atoms with Crippen LogP contribution in [0.5, 0.6) is 0 Å².